The molecule has 0 bridgehead atoms. The molecule has 1 rings (SSSR count). The summed E-state index contributed by atoms with van der Waals surface area (Å²) in [5, 5.41) is 6.70. The zero-order chi connectivity index (χ0) is 16.8. The van der Waals surface area contributed by atoms with Gasteiger partial charge in [0, 0.05) is 31.2 Å². The normalized spacial score (nSPS) is 12.5. The number of benzene rings is 1. The average molecular weight is 306 g/mol. The molecular formula is C17H30N4O. The summed E-state index contributed by atoms with van der Waals surface area (Å²) in [5.41, 5.74) is 2.36. The Balaban J connectivity index is 2.62. The number of hydrogen-bond donors (Lipinski definition) is 2. The van der Waals surface area contributed by atoms with E-state index in [-0.39, 0.29) is 5.54 Å². The Morgan fingerprint density at radius 2 is 1.95 bits per heavy atom. The number of aliphatic imine (C=N–C) groups is 1. The SMILES string of the molecule is CN=C(NCc1ccc(C)cc1OC)NCC(C)(C)N(C)C. The van der Waals surface area contributed by atoms with Crippen molar-refractivity contribution in [1.29, 1.82) is 0 Å². The number of aryl methyl sites for hydroxylation is 1. The van der Waals surface area contributed by atoms with Crippen molar-refractivity contribution < 1.29 is 4.74 Å². The van der Waals surface area contributed by atoms with Crippen LogP contribution in [0.4, 0.5) is 0 Å². The van der Waals surface area contributed by atoms with Crippen molar-refractivity contribution >= 4 is 5.96 Å². The molecule has 0 aliphatic carbocycles. The summed E-state index contributed by atoms with van der Waals surface area (Å²) in [7, 11) is 7.64. The third-order valence-corrected chi connectivity index (χ3v) is 4.01. The summed E-state index contributed by atoms with van der Waals surface area (Å²) in [6.07, 6.45) is 0. The second-order valence-corrected chi connectivity index (χ2v) is 6.30. The topological polar surface area (TPSA) is 48.9 Å². The Bertz CT molecular complexity index is 509. The number of ether oxygens (including phenoxy) is 1. The number of rotatable bonds is 6. The van der Waals surface area contributed by atoms with Gasteiger partial charge in [0.15, 0.2) is 5.96 Å². The van der Waals surface area contributed by atoms with Crippen molar-refractivity contribution in [1.82, 2.24) is 15.5 Å². The number of methoxy groups -OCH3 is 1. The molecule has 5 heteroatoms. The standard InChI is InChI=1S/C17H30N4O/c1-13-8-9-14(15(10-13)22-7)11-19-16(18-4)20-12-17(2,3)21(5)6/h8-10H,11-12H2,1-7H3,(H2,18,19,20). The van der Waals surface area contributed by atoms with Gasteiger partial charge >= 0.3 is 0 Å². The largest absolute Gasteiger partial charge is 0.496 e. The summed E-state index contributed by atoms with van der Waals surface area (Å²) in [6.45, 7) is 7.92. The zero-order valence-corrected chi connectivity index (χ0v) is 14.9. The Kier molecular flexibility index (Phi) is 6.68. The van der Waals surface area contributed by atoms with E-state index in [4.69, 9.17) is 4.74 Å². The highest BCUT2D eigenvalue weighted by Gasteiger charge is 2.20. The summed E-state index contributed by atoms with van der Waals surface area (Å²) in [5.74, 6) is 1.69. The van der Waals surface area contributed by atoms with Crippen LogP contribution in [0.2, 0.25) is 0 Å². The van der Waals surface area contributed by atoms with Crippen molar-refractivity contribution in [3.8, 4) is 5.75 Å². The van der Waals surface area contributed by atoms with E-state index in [9.17, 15) is 0 Å². The van der Waals surface area contributed by atoms with Gasteiger partial charge in [-0.3, -0.25) is 4.99 Å². The minimum absolute atomic E-state index is 0.0547. The molecule has 0 aliphatic rings. The second kappa shape index (κ2) is 8.03. The third kappa shape index (κ3) is 5.22. The molecule has 0 aromatic heterocycles. The summed E-state index contributed by atoms with van der Waals surface area (Å²) in [6, 6.07) is 6.21. The lowest BCUT2D eigenvalue weighted by Crippen LogP contribution is -2.50. The van der Waals surface area contributed by atoms with Gasteiger partial charge in [-0.2, -0.15) is 0 Å². The molecule has 1 aromatic carbocycles. The molecule has 0 unspecified atom stereocenters. The number of hydrogen-bond acceptors (Lipinski definition) is 3. The lowest BCUT2D eigenvalue weighted by molar-refractivity contribution is 0.197. The lowest BCUT2D eigenvalue weighted by atomic mass is 10.0. The zero-order valence-electron chi connectivity index (χ0n) is 14.9. The van der Waals surface area contributed by atoms with E-state index in [0.29, 0.717) is 6.54 Å². The molecule has 124 valence electrons. The third-order valence-electron chi connectivity index (χ3n) is 4.01. The first kappa shape index (κ1) is 18.3. The fourth-order valence-electron chi connectivity index (χ4n) is 1.86. The van der Waals surface area contributed by atoms with Gasteiger partial charge in [0.05, 0.1) is 7.11 Å². The van der Waals surface area contributed by atoms with Crippen molar-refractivity contribution in [2.75, 3.05) is 34.8 Å². The number of likely N-dealkylation sites (N-methyl/N-ethyl adjacent to an activating group) is 1. The van der Waals surface area contributed by atoms with Crippen molar-refractivity contribution in [3.05, 3.63) is 29.3 Å². The van der Waals surface area contributed by atoms with Crippen LogP contribution in [0, 0.1) is 6.92 Å². The first-order valence-corrected chi connectivity index (χ1v) is 7.55. The van der Waals surface area contributed by atoms with Gasteiger partial charge in [0.25, 0.3) is 0 Å². The number of nitrogens with zero attached hydrogens (tertiary/aromatic N) is 2. The van der Waals surface area contributed by atoms with E-state index in [2.05, 4.69) is 67.5 Å². The molecule has 2 N–H and O–H groups in total. The van der Waals surface area contributed by atoms with Crippen molar-refractivity contribution in [3.63, 3.8) is 0 Å². The van der Waals surface area contributed by atoms with E-state index in [1.807, 2.05) is 6.07 Å². The summed E-state index contributed by atoms with van der Waals surface area (Å²) < 4.78 is 5.43. The van der Waals surface area contributed by atoms with Gasteiger partial charge < -0.3 is 20.3 Å². The second-order valence-electron chi connectivity index (χ2n) is 6.30. The van der Waals surface area contributed by atoms with Gasteiger partial charge in [-0.15, -0.1) is 0 Å². The van der Waals surface area contributed by atoms with Gasteiger partial charge in [-0.1, -0.05) is 12.1 Å². The van der Waals surface area contributed by atoms with Crippen LogP contribution < -0.4 is 15.4 Å². The van der Waals surface area contributed by atoms with E-state index >= 15 is 0 Å². The molecule has 0 saturated carbocycles. The molecule has 0 aliphatic heterocycles. The molecule has 0 saturated heterocycles. The average Bonchev–Trinajstić information content (AvgIpc) is 2.48. The number of guanidine groups is 1. The van der Waals surface area contributed by atoms with E-state index < -0.39 is 0 Å². The van der Waals surface area contributed by atoms with Gasteiger partial charge in [0.1, 0.15) is 5.75 Å². The van der Waals surface area contributed by atoms with Crippen molar-refractivity contribution in [2.24, 2.45) is 4.99 Å². The van der Waals surface area contributed by atoms with Crippen LogP contribution in [0.25, 0.3) is 0 Å². The molecule has 5 nitrogen and oxygen atoms in total. The van der Waals surface area contributed by atoms with Crippen LogP contribution in [0.15, 0.2) is 23.2 Å². The van der Waals surface area contributed by atoms with E-state index in [1.165, 1.54) is 5.56 Å². The maximum absolute atomic E-state index is 5.43. The monoisotopic (exact) mass is 306 g/mol. The molecule has 0 fully saturated rings. The van der Waals surface area contributed by atoms with Gasteiger partial charge in [0.2, 0.25) is 0 Å². The van der Waals surface area contributed by atoms with Crippen LogP contribution in [-0.4, -0.2) is 51.2 Å². The molecule has 22 heavy (non-hydrogen) atoms. The van der Waals surface area contributed by atoms with Crippen LogP contribution in [0.3, 0.4) is 0 Å². The molecule has 0 spiro atoms. The predicted octanol–water partition coefficient (Wildman–Crippen LogP) is 2.01. The molecule has 1 aromatic rings. The maximum Gasteiger partial charge on any atom is 0.191 e. The fourth-order valence-corrected chi connectivity index (χ4v) is 1.86. The first-order chi connectivity index (χ1) is 10.3. The first-order valence-electron chi connectivity index (χ1n) is 7.55. The lowest BCUT2D eigenvalue weighted by Gasteiger charge is -2.33. The summed E-state index contributed by atoms with van der Waals surface area (Å²) in [4.78, 5) is 6.46. The fraction of sp³-hybridized carbons (Fsp3) is 0.588. The Morgan fingerprint density at radius 3 is 2.50 bits per heavy atom. The smallest absolute Gasteiger partial charge is 0.191 e. The maximum atomic E-state index is 5.43. The van der Waals surface area contributed by atoms with Gasteiger partial charge in [-0.05, 0) is 46.5 Å². The molecule has 0 heterocycles. The van der Waals surface area contributed by atoms with Gasteiger partial charge in [-0.25, -0.2) is 0 Å². The van der Waals surface area contributed by atoms with Crippen molar-refractivity contribution in [2.45, 2.75) is 32.9 Å². The molecule has 0 amide bonds. The minimum atomic E-state index is 0.0547. The minimum Gasteiger partial charge on any atom is -0.496 e. The van der Waals surface area contributed by atoms with E-state index in [0.717, 1.165) is 23.8 Å². The molecule has 0 radical (unpaired) electrons. The number of nitrogens with one attached hydrogen (secondary N) is 2. The molecule has 0 atom stereocenters. The van der Waals surface area contributed by atoms with Crippen LogP contribution in [0.1, 0.15) is 25.0 Å². The Morgan fingerprint density at radius 1 is 1.27 bits per heavy atom. The van der Waals surface area contributed by atoms with E-state index in [1.54, 1.807) is 14.2 Å². The summed E-state index contributed by atoms with van der Waals surface area (Å²) >= 11 is 0. The Labute approximate surface area is 134 Å². The quantitative estimate of drug-likeness (QED) is 0.623. The highest BCUT2D eigenvalue weighted by molar-refractivity contribution is 5.79. The van der Waals surface area contributed by atoms with Crippen LogP contribution >= 0.6 is 0 Å². The Hall–Kier alpha value is -1.75. The van der Waals surface area contributed by atoms with Crippen LogP contribution in [-0.2, 0) is 6.54 Å². The highest BCUT2D eigenvalue weighted by Crippen LogP contribution is 2.19. The highest BCUT2D eigenvalue weighted by atomic mass is 16.5. The molecular weight excluding hydrogens is 276 g/mol. The predicted molar refractivity (Wildman–Crippen MR) is 93.7 cm³/mol. The van der Waals surface area contributed by atoms with Crippen LogP contribution in [0.5, 0.6) is 5.75 Å².